The first-order chi connectivity index (χ1) is 21.3. The van der Waals surface area contributed by atoms with Crippen molar-refractivity contribution in [3.05, 3.63) is 71.0 Å². The van der Waals surface area contributed by atoms with Gasteiger partial charge in [-0.05, 0) is 75.4 Å². The van der Waals surface area contributed by atoms with E-state index in [0.29, 0.717) is 75.1 Å². The molecular formula is C33H39FN6O4. The van der Waals surface area contributed by atoms with Gasteiger partial charge in [0.2, 0.25) is 5.91 Å². The van der Waals surface area contributed by atoms with Crippen LogP contribution in [0.5, 0.6) is 0 Å². The fraction of sp³-hybridized carbons (Fsp3) is 0.455. The number of aliphatic hydroxyl groups excluding tert-OH is 1. The number of aryl methyl sites for hydroxylation is 1. The number of aromatic amines is 1. The van der Waals surface area contributed by atoms with Crippen molar-refractivity contribution >= 4 is 22.7 Å². The Hall–Kier alpha value is -4.09. The Morgan fingerprint density at radius 1 is 1.16 bits per heavy atom. The number of halogens is 1. The SMILES string of the molecule is COC1=CCCC(F)=C1CN1CC(NC(=O)c2ccc3[nH]nc(-c4ccnc(C)c4)c3c2)CCC1C(=O)N1CCC(O)CC1. The molecule has 11 heteroatoms. The number of rotatable bonds is 7. The van der Waals surface area contributed by atoms with E-state index in [1.54, 1.807) is 12.3 Å². The number of carbonyl (C=O) groups is 2. The second-order valence-electron chi connectivity index (χ2n) is 12.0. The minimum absolute atomic E-state index is 0.00859. The lowest BCUT2D eigenvalue weighted by Crippen LogP contribution is -2.58. The van der Waals surface area contributed by atoms with E-state index in [1.165, 1.54) is 7.11 Å². The van der Waals surface area contributed by atoms with Gasteiger partial charge in [0.05, 0.1) is 24.8 Å². The van der Waals surface area contributed by atoms with Crippen LogP contribution in [-0.4, -0.2) is 93.4 Å². The van der Waals surface area contributed by atoms with Gasteiger partial charge in [-0.3, -0.25) is 24.6 Å². The normalized spacial score (nSPS) is 21.8. The molecule has 0 saturated carbocycles. The summed E-state index contributed by atoms with van der Waals surface area (Å²) in [6.07, 6.45) is 6.35. The Bertz CT molecular complexity index is 1610. The molecule has 2 atom stereocenters. The lowest BCUT2D eigenvalue weighted by atomic mass is 9.94. The van der Waals surface area contributed by atoms with Crippen molar-refractivity contribution in [1.29, 1.82) is 0 Å². The van der Waals surface area contributed by atoms with Crippen molar-refractivity contribution in [2.45, 2.75) is 63.6 Å². The number of hydrogen-bond acceptors (Lipinski definition) is 7. The van der Waals surface area contributed by atoms with Crippen LogP contribution in [0.15, 0.2) is 59.8 Å². The molecule has 1 aliphatic carbocycles. The molecule has 232 valence electrons. The molecule has 6 rings (SSSR count). The van der Waals surface area contributed by atoms with Crippen LogP contribution in [0, 0.1) is 6.92 Å². The molecule has 2 saturated heterocycles. The summed E-state index contributed by atoms with van der Waals surface area (Å²) >= 11 is 0. The van der Waals surface area contributed by atoms with Gasteiger partial charge in [-0.15, -0.1) is 0 Å². The molecule has 2 aromatic heterocycles. The molecule has 2 unspecified atom stereocenters. The van der Waals surface area contributed by atoms with Crippen molar-refractivity contribution < 1.29 is 23.8 Å². The molecule has 2 amide bonds. The smallest absolute Gasteiger partial charge is 0.251 e. The number of carbonyl (C=O) groups excluding carboxylic acids is 2. The second kappa shape index (κ2) is 12.9. The van der Waals surface area contributed by atoms with E-state index < -0.39 is 6.04 Å². The van der Waals surface area contributed by atoms with Crippen LogP contribution in [0.4, 0.5) is 4.39 Å². The number of amides is 2. The van der Waals surface area contributed by atoms with Gasteiger partial charge in [0, 0.05) is 72.6 Å². The largest absolute Gasteiger partial charge is 0.497 e. The highest BCUT2D eigenvalue weighted by atomic mass is 19.1. The number of aromatic nitrogens is 3. The maximum absolute atomic E-state index is 15.1. The zero-order valence-corrected chi connectivity index (χ0v) is 25.2. The molecule has 10 nitrogen and oxygen atoms in total. The third kappa shape index (κ3) is 6.25. The van der Waals surface area contributed by atoms with Crippen LogP contribution in [0.3, 0.4) is 0 Å². The van der Waals surface area contributed by atoms with Gasteiger partial charge in [-0.25, -0.2) is 4.39 Å². The van der Waals surface area contributed by atoms with Crippen LogP contribution in [-0.2, 0) is 9.53 Å². The topological polar surface area (TPSA) is 124 Å². The number of pyridine rings is 1. The quantitative estimate of drug-likeness (QED) is 0.373. The van der Waals surface area contributed by atoms with Gasteiger partial charge < -0.3 is 20.1 Å². The molecule has 44 heavy (non-hydrogen) atoms. The highest BCUT2D eigenvalue weighted by Gasteiger charge is 2.38. The monoisotopic (exact) mass is 602 g/mol. The average molecular weight is 603 g/mol. The summed E-state index contributed by atoms with van der Waals surface area (Å²) < 4.78 is 20.6. The van der Waals surface area contributed by atoms with E-state index >= 15 is 4.39 Å². The number of H-pyrrole nitrogens is 1. The minimum Gasteiger partial charge on any atom is -0.497 e. The maximum Gasteiger partial charge on any atom is 0.251 e. The zero-order valence-electron chi connectivity index (χ0n) is 25.2. The number of methoxy groups -OCH3 is 1. The number of ether oxygens (including phenoxy) is 1. The van der Waals surface area contributed by atoms with Crippen molar-refractivity contribution in [1.82, 2.24) is 30.3 Å². The summed E-state index contributed by atoms with van der Waals surface area (Å²) in [6, 6.07) is 8.62. The van der Waals surface area contributed by atoms with E-state index in [1.807, 2.05) is 47.1 Å². The molecule has 3 aromatic rings. The number of likely N-dealkylation sites (tertiary alicyclic amines) is 2. The van der Waals surface area contributed by atoms with Gasteiger partial charge in [-0.1, -0.05) is 0 Å². The molecule has 3 aliphatic rings. The van der Waals surface area contributed by atoms with E-state index in [4.69, 9.17) is 4.74 Å². The van der Waals surface area contributed by atoms with Crippen LogP contribution in [0.1, 0.15) is 54.6 Å². The summed E-state index contributed by atoms with van der Waals surface area (Å²) in [5, 5.41) is 21.5. The highest BCUT2D eigenvalue weighted by Crippen LogP contribution is 2.31. The highest BCUT2D eigenvalue weighted by molar-refractivity contribution is 6.01. The van der Waals surface area contributed by atoms with Crippen molar-refractivity contribution in [2.24, 2.45) is 0 Å². The Morgan fingerprint density at radius 3 is 2.75 bits per heavy atom. The number of benzene rings is 1. The van der Waals surface area contributed by atoms with Crippen LogP contribution in [0.25, 0.3) is 22.2 Å². The van der Waals surface area contributed by atoms with E-state index in [0.717, 1.165) is 27.9 Å². The Morgan fingerprint density at radius 2 is 1.98 bits per heavy atom. The van der Waals surface area contributed by atoms with Gasteiger partial charge in [0.25, 0.3) is 5.91 Å². The number of allylic oxidation sites excluding steroid dienone is 2. The average Bonchev–Trinajstić information content (AvgIpc) is 3.46. The molecule has 3 N–H and O–H groups in total. The minimum atomic E-state index is -0.451. The third-order valence-corrected chi connectivity index (χ3v) is 8.98. The van der Waals surface area contributed by atoms with E-state index in [2.05, 4.69) is 20.5 Å². The number of hydrogen-bond donors (Lipinski definition) is 3. The number of nitrogens with zero attached hydrogens (tertiary/aromatic N) is 4. The first-order valence-electron chi connectivity index (χ1n) is 15.4. The lowest BCUT2D eigenvalue weighted by Gasteiger charge is -2.42. The molecule has 0 spiro atoms. The molecule has 2 aliphatic heterocycles. The second-order valence-corrected chi connectivity index (χ2v) is 12.0. The van der Waals surface area contributed by atoms with Crippen LogP contribution < -0.4 is 5.32 Å². The fourth-order valence-corrected chi connectivity index (χ4v) is 6.56. The standard InChI is InChI=1S/C33H39FN6O4/c1-20-16-21(10-13-35-20)31-25-17-22(6-8-28(25)37-38-31)32(42)36-23-7-9-29(33(43)39-14-11-24(41)12-15-39)40(18-23)19-26-27(34)4-3-5-30(26)44-2/h5-6,8,10,13,16-17,23-24,29,41H,3-4,7,9,11-12,14-15,18-19H2,1-2H3,(H,36,42)(H,37,38). The Balaban J connectivity index is 1.21. The number of fused-ring (bicyclic) bond motifs is 1. The fourth-order valence-electron chi connectivity index (χ4n) is 6.56. The van der Waals surface area contributed by atoms with Crippen molar-refractivity contribution in [2.75, 3.05) is 33.3 Å². The van der Waals surface area contributed by atoms with E-state index in [9.17, 15) is 14.7 Å². The molecular weight excluding hydrogens is 563 g/mol. The summed E-state index contributed by atoms with van der Waals surface area (Å²) in [7, 11) is 1.53. The third-order valence-electron chi connectivity index (χ3n) is 8.98. The van der Waals surface area contributed by atoms with Gasteiger partial charge in [0.15, 0.2) is 0 Å². The number of aliphatic hydroxyl groups is 1. The first-order valence-corrected chi connectivity index (χ1v) is 15.4. The predicted octanol–water partition coefficient (Wildman–Crippen LogP) is 4.03. The molecule has 0 radical (unpaired) electrons. The van der Waals surface area contributed by atoms with Crippen LogP contribution in [0.2, 0.25) is 0 Å². The molecule has 0 bridgehead atoms. The molecule has 4 heterocycles. The first kappa shape index (κ1) is 30.0. The van der Waals surface area contributed by atoms with Crippen molar-refractivity contribution in [3.63, 3.8) is 0 Å². The van der Waals surface area contributed by atoms with E-state index in [-0.39, 0.29) is 36.3 Å². The zero-order chi connectivity index (χ0) is 30.8. The maximum atomic E-state index is 15.1. The summed E-state index contributed by atoms with van der Waals surface area (Å²) in [5.41, 5.74) is 4.33. The Labute approximate surface area is 256 Å². The molecule has 1 aromatic carbocycles. The van der Waals surface area contributed by atoms with Gasteiger partial charge in [-0.2, -0.15) is 5.10 Å². The van der Waals surface area contributed by atoms with Crippen LogP contribution >= 0.6 is 0 Å². The number of nitrogens with one attached hydrogen (secondary N) is 2. The summed E-state index contributed by atoms with van der Waals surface area (Å²) in [6.45, 7) is 3.53. The van der Waals surface area contributed by atoms with Gasteiger partial charge >= 0.3 is 0 Å². The number of piperidine rings is 2. The Kier molecular flexibility index (Phi) is 8.76. The molecule has 2 fully saturated rings. The lowest BCUT2D eigenvalue weighted by molar-refractivity contribution is -0.140. The van der Waals surface area contributed by atoms with Crippen molar-refractivity contribution in [3.8, 4) is 11.3 Å². The van der Waals surface area contributed by atoms with Gasteiger partial charge in [0.1, 0.15) is 17.3 Å². The summed E-state index contributed by atoms with van der Waals surface area (Å²) in [5.74, 6) is 0.0493. The summed E-state index contributed by atoms with van der Waals surface area (Å²) in [4.78, 5) is 35.3. The predicted molar refractivity (Wildman–Crippen MR) is 164 cm³/mol.